The Labute approximate surface area is 214 Å². The van der Waals surface area contributed by atoms with Gasteiger partial charge in [-0.3, -0.25) is 0 Å². The minimum Gasteiger partial charge on any atom is -0.490 e. The van der Waals surface area contributed by atoms with Gasteiger partial charge in [-0.25, -0.2) is 9.79 Å². The molecule has 7 heteroatoms. The van der Waals surface area contributed by atoms with Crippen molar-refractivity contribution in [2.45, 2.75) is 20.5 Å². The second-order valence-electron chi connectivity index (χ2n) is 7.29. The van der Waals surface area contributed by atoms with Crippen LogP contribution in [-0.2, 0) is 16.1 Å². The molecule has 0 aliphatic carbocycles. The van der Waals surface area contributed by atoms with Crippen molar-refractivity contribution in [2.75, 3.05) is 6.61 Å². The standard InChI is InChI=1S/C26H21BrINO4/c1-3-31-23-14-17(12-21(28)24(23)32-15-18-9-5-4-8-16(18)2)13-22-26(30)33-25(29-22)19-10-6-7-11-20(19)27/h4-14H,3,15H2,1-2H3/b22-13-. The normalized spacial score (nSPS) is 14.2. The van der Waals surface area contributed by atoms with Gasteiger partial charge in [0.15, 0.2) is 17.2 Å². The monoisotopic (exact) mass is 617 g/mol. The minimum absolute atomic E-state index is 0.229. The van der Waals surface area contributed by atoms with E-state index in [1.807, 2.05) is 61.5 Å². The van der Waals surface area contributed by atoms with Crippen LogP contribution in [0.5, 0.6) is 11.5 Å². The van der Waals surface area contributed by atoms with Gasteiger partial charge >= 0.3 is 5.97 Å². The highest BCUT2D eigenvalue weighted by Gasteiger charge is 2.25. The number of rotatable bonds is 7. The van der Waals surface area contributed by atoms with Crippen molar-refractivity contribution in [3.05, 3.63) is 96.7 Å². The van der Waals surface area contributed by atoms with E-state index in [1.54, 1.807) is 6.08 Å². The predicted octanol–water partition coefficient (Wildman–Crippen LogP) is 6.68. The second-order valence-corrected chi connectivity index (χ2v) is 9.31. The van der Waals surface area contributed by atoms with Crippen LogP contribution in [0.1, 0.15) is 29.2 Å². The van der Waals surface area contributed by atoms with Gasteiger partial charge in [0.25, 0.3) is 0 Å². The van der Waals surface area contributed by atoms with Gasteiger partial charge in [0, 0.05) is 4.47 Å². The average molecular weight is 618 g/mol. The summed E-state index contributed by atoms with van der Waals surface area (Å²) in [5, 5.41) is 0. The first kappa shape index (κ1) is 23.5. The van der Waals surface area contributed by atoms with Gasteiger partial charge < -0.3 is 14.2 Å². The summed E-state index contributed by atoms with van der Waals surface area (Å²) in [6.07, 6.45) is 1.70. The molecule has 0 saturated carbocycles. The molecular weight excluding hydrogens is 597 g/mol. The smallest absolute Gasteiger partial charge is 0.363 e. The number of ether oxygens (including phenoxy) is 3. The van der Waals surface area contributed by atoms with E-state index in [2.05, 4.69) is 56.5 Å². The Kier molecular flexibility index (Phi) is 7.49. The van der Waals surface area contributed by atoms with Crippen molar-refractivity contribution in [1.29, 1.82) is 0 Å². The van der Waals surface area contributed by atoms with E-state index in [-0.39, 0.29) is 11.6 Å². The molecular formula is C26H21BrINO4. The van der Waals surface area contributed by atoms with E-state index in [1.165, 1.54) is 5.56 Å². The lowest BCUT2D eigenvalue weighted by Crippen LogP contribution is -2.06. The van der Waals surface area contributed by atoms with E-state index >= 15 is 0 Å². The van der Waals surface area contributed by atoms with Crippen LogP contribution in [0, 0.1) is 10.5 Å². The molecule has 5 nitrogen and oxygen atoms in total. The van der Waals surface area contributed by atoms with Crippen LogP contribution in [-0.4, -0.2) is 18.5 Å². The van der Waals surface area contributed by atoms with Crippen LogP contribution >= 0.6 is 38.5 Å². The average Bonchev–Trinajstić information content (AvgIpc) is 3.14. The fourth-order valence-corrected chi connectivity index (χ4v) is 4.55. The fourth-order valence-electron chi connectivity index (χ4n) is 3.31. The summed E-state index contributed by atoms with van der Waals surface area (Å²) < 4.78 is 19.1. The lowest BCUT2D eigenvalue weighted by Gasteiger charge is -2.15. The molecule has 0 unspecified atom stereocenters. The van der Waals surface area contributed by atoms with E-state index < -0.39 is 5.97 Å². The number of cyclic esters (lactones) is 1. The SMILES string of the molecule is CCOc1cc(/C=C2\N=C(c3ccccc3Br)OC2=O)cc(I)c1OCc1ccccc1C. The predicted molar refractivity (Wildman–Crippen MR) is 141 cm³/mol. The number of carbonyl (C=O) groups is 1. The molecule has 0 fully saturated rings. The number of aliphatic imine (C=N–C) groups is 1. The first-order valence-corrected chi connectivity index (χ1v) is 12.2. The van der Waals surface area contributed by atoms with Crippen LogP contribution in [0.15, 0.2) is 75.8 Å². The number of nitrogens with zero attached hydrogens (tertiary/aromatic N) is 1. The highest BCUT2D eigenvalue weighted by Crippen LogP contribution is 2.36. The number of hydrogen-bond acceptors (Lipinski definition) is 5. The van der Waals surface area contributed by atoms with Crippen molar-refractivity contribution in [1.82, 2.24) is 0 Å². The van der Waals surface area contributed by atoms with Gasteiger partial charge in [0.05, 0.1) is 15.7 Å². The third-order valence-corrected chi connectivity index (χ3v) is 6.49. The van der Waals surface area contributed by atoms with Gasteiger partial charge in [0.2, 0.25) is 5.90 Å². The molecule has 1 aliphatic heterocycles. The second kappa shape index (κ2) is 10.5. The van der Waals surface area contributed by atoms with Gasteiger partial charge in [-0.2, -0.15) is 0 Å². The lowest BCUT2D eigenvalue weighted by atomic mass is 10.1. The number of benzene rings is 3. The summed E-state index contributed by atoms with van der Waals surface area (Å²) in [7, 11) is 0. The van der Waals surface area contributed by atoms with Gasteiger partial charge in [-0.15, -0.1) is 0 Å². The summed E-state index contributed by atoms with van der Waals surface area (Å²) >= 11 is 5.69. The summed E-state index contributed by atoms with van der Waals surface area (Å²) in [5.74, 6) is 1.07. The van der Waals surface area contributed by atoms with Gasteiger partial charge in [-0.05, 0) is 99.4 Å². The molecule has 168 valence electrons. The van der Waals surface area contributed by atoms with E-state index in [4.69, 9.17) is 14.2 Å². The maximum atomic E-state index is 12.4. The molecule has 0 radical (unpaired) electrons. The van der Waals surface area contributed by atoms with E-state index in [9.17, 15) is 4.79 Å². The molecule has 0 N–H and O–H groups in total. The van der Waals surface area contributed by atoms with E-state index in [0.717, 1.165) is 24.7 Å². The highest BCUT2D eigenvalue weighted by atomic mass is 127. The number of esters is 1. The third-order valence-electron chi connectivity index (χ3n) is 4.99. The van der Waals surface area contributed by atoms with E-state index in [0.29, 0.717) is 24.7 Å². The van der Waals surface area contributed by atoms with Crippen molar-refractivity contribution >= 4 is 56.5 Å². The number of aryl methyl sites for hydroxylation is 1. The molecule has 4 rings (SSSR count). The number of carbonyl (C=O) groups excluding carboxylic acids is 1. The minimum atomic E-state index is -0.492. The van der Waals surface area contributed by atoms with Crippen molar-refractivity contribution < 1.29 is 19.0 Å². The molecule has 0 atom stereocenters. The van der Waals surface area contributed by atoms with Crippen molar-refractivity contribution in [3.8, 4) is 11.5 Å². The number of hydrogen-bond donors (Lipinski definition) is 0. The van der Waals surface area contributed by atoms with Gasteiger partial charge in [0.1, 0.15) is 6.61 Å². The topological polar surface area (TPSA) is 57.1 Å². The molecule has 0 aromatic heterocycles. The highest BCUT2D eigenvalue weighted by molar-refractivity contribution is 14.1. The molecule has 0 saturated heterocycles. The third kappa shape index (κ3) is 5.47. The Morgan fingerprint density at radius 2 is 1.85 bits per heavy atom. The molecule has 0 spiro atoms. The quantitative estimate of drug-likeness (QED) is 0.169. The first-order chi connectivity index (χ1) is 16.0. The zero-order valence-corrected chi connectivity index (χ0v) is 21.8. The molecule has 0 amide bonds. The zero-order valence-electron chi connectivity index (χ0n) is 18.1. The maximum absolute atomic E-state index is 12.4. The fraction of sp³-hybridized carbons (Fsp3) is 0.154. The Morgan fingerprint density at radius 3 is 2.61 bits per heavy atom. The Hall–Kier alpha value is -2.65. The summed E-state index contributed by atoms with van der Waals surface area (Å²) in [6.45, 7) is 4.91. The summed E-state index contributed by atoms with van der Waals surface area (Å²) in [6, 6.07) is 19.4. The molecule has 1 aliphatic rings. The van der Waals surface area contributed by atoms with Crippen LogP contribution in [0.4, 0.5) is 0 Å². The van der Waals surface area contributed by atoms with Crippen LogP contribution < -0.4 is 9.47 Å². The van der Waals surface area contributed by atoms with Crippen molar-refractivity contribution in [3.63, 3.8) is 0 Å². The maximum Gasteiger partial charge on any atom is 0.363 e. The Morgan fingerprint density at radius 1 is 1.09 bits per heavy atom. The Bertz CT molecular complexity index is 1270. The molecule has 3 aromatic rings. The molecule has 3 aromatic carbocycles. The first-order valence-electron chi connectivity index (χ1n) is 10.4. The Balaban J connectivity index is 1.63. The molecule has 1 heterocycles. The van der Waals surface area contributed by atoms with Crippen LogP contribution in [0.2, 0.25) is 0 Å². The lowest BCUT2D eigenvalue weighted by molar-refractivity contribution is -0.129. The van der Waals surface area contributed by atoms with Gasteiger partial charge in [-0.1, -0.05) is 36.4 Å². The van der Waals surface area contributed by atoms with Crippen LogP contribution in [0.25, 0.3) is 6.08 Å². The molecule has 0 bridgehead atoms. The number of halogens is 2. The summed E-state index contributed by atoms with van der Waals surface area (Å²) in [4.78, 5) is 16.9. The summed E-state index contributed by atoms with van der Waals surface area (Å²) in [5.41, 5.74) is 4.01. The van der Waals surface area contributed by atoms with Crippen molar-refractivity contribution in [2.24, 2.45) is 4.99 Å². The largest absolute Gasteiger partial charge is 0.490 e. The van der Waals surface area contributed by atoms with Crippen LogP contribution in [0.3, 0.4) is 0 Å². The molecule has 33 heavy (non-hydrogen) atoms. The zero-order chi connectivity index (χ0) is 23.4.